The van der Waals surface area contributed by atoms with Gasteiger partial charge in [-0.1, -0.05) is 30.3 Å². The van der Waals surface area contributed by atoms with Crippen LogP contribution in [0.1, 0.15) is 17.2 Å². The number of anilines is 3. The minimum absolute atomic E-state index is 0.0999. The van der Waals surface area contributed by atoms with Crippen LogP contribution in [0.4, 0.5) is 17.2 Å². The van der Waals surface area contributed by atoms with Crippen molar-refractivity contribution < 1.29 is 10.2 Å². The Morgan fingerprint density at radius 2 is 2.00 bits per heavy atom. The predicted molar refractivity (Wildman–Crippen MR) is 133 cm³/mol. The number of rotatable bonds is 9. The molecular weight excluding hydrogens is 438 g/mol. The van der Waals surface area contributed by atoms with Crippen molar-refractivity contribution in [3.63, 3.8) is 0 Å². The van der Waals surface area contributed by atoms with Crippen LogP contribution in [0.2, 0.25) is 0 Å². The molecular formula is C23H23N7O2S. The van der Waals surface area contributed by atoms with E-state index in [2.05, 4.69) is 25.6 Å². The number of aliphatic hydroxyl groups is 2. The first-order valence-corrected chi connectivity index (χ1v) is 11.0. The molecule has 0 saturated carbocycles. The number of aromatic nitrogens is 2. The van der Waals surface area contributed by atoms with E-state index in [4.69, 9.17) is 11.1 Å². The number of thiazole rings is 1. The Labute approximate surface area is 194 Å². The molecule has 0 radical (unpaired) electrons. The molecule has 0 aliphatic carbocycles. The summed E-state index contributed by atoms with van der Waals surface area (Å²) in [6.45, 7) is -0.434. The highest BCUT2D eigenvalue weighted by Crippen LogP contribution is 2.29. The Kier molecular flexibility index (Phi) is 6.89. The molecule has 2 unspecified atom stereocenters. The normalized spacial score (nSPS) is 13.5. The quantitative estimate of drug-likeness (QED) is 0.165. The summed E-state index contributed by atoms with van der Waals surface area (Å²) in [5, 5.41) is 33.9. The number of nitrogens with zero attached hydrogens (tertiary/aromatic N) is 3. The lowest BCUT2D eigenvalue weighted by atomic mass is 10.0. The van der Waals surface area contributed by atoms with E-state index >= 15 is 0 Å². The summed E-state index contributed by atoms with van der Waals surface area (Å²) < 4.78 is 1.05. The van der Waals surface area contributed by atoms with Gasteiger partial charge in [0.2, 0.25) is 0 Å². The molecule has 2 aromatic heterocycles. The van der Waals surface area contributed by atoms with Gasteiger partial charge in [-0.15, -0.1) is 11.3 Å². The third kappa shape index (κ3) is 5.14. The molecule has 2 atom stereocenters. The second-order valence-corrected chi connectivity index (χ2v) is 8.09. The highest BCUT2D eigenvalue weighted by molar-refractivity contribution is 7.16. The van der Waals surface area contributed by atoms with Gasteiger partial charge in [0, 0.05) is 18.0 Å². The summed E-state index contributed by atoms with van der Waals surface area (Å²) in [4.78, 5) is 12.6. The van der Waals surface area contributed by atoms with Crippen molar-refractivity contribution in [2.45, 2.75) is 12.1 Å². The fourth-order valence-corrected chi connectivity index (χ4v) is 4.12. The molecule has 33 heavy (non-hydrogen) atoms. The molecule has 9 nitrogen and oxygen atoms in total. The molecule has 0 aliphatic heterocycles. The van der Waals surface area contributed by atoms with Gasteiger partial charge in [-0.2, -0.15) is 0 Å². The molecule has 10 heteroatoms. The number of aliphatic hydroxyl groups excluding tert-OH is 2. The number of nitrogens with two attached hydrogens (primary N) is 1. The van der Waals surface area contributed by atoms with Crippen LogP contribution >= 0.6 is 11.3 Å². The van der Waals surface area contributed by atoms with E-state index in [0.29, 0.717) is 17.1 Å². The molecule has 4 rings (SSSR count). The minimum atomic E-state index is -1.07. The average molecular weight is 462 g/mol. The van der Waals surface area contributed by atoms with Crippen LogP contribution in [0.15, 0.2) is 71.3 Å². The van der Waals surface area contributed by atoms with Crippen molar-refractivity contribution in [2.24, 2.45) is 10.7 Å². The lowest BCUT2D eigenvalue weighted by Gasteiger charge is -2.26. The second-order valence-electron chi connectivity index (χ2n) is 7.20. The Morgan fingerprint density at radius 1 is 1.18 bits per heavy atom. The van der Waals surface area contributed by atoms with Crippen molar-refractivity contribution in [1.29, 1.82) is 5.41 Å². The zero-order valence-corrected chi connectivity index (χ0v) is 18.3. The topological polar surface area (TPSA) is 153 Å². The van der Waals surface area contributed by atoms with Crippen molar-refractivity contribution in [3.8, 4) is 0 Å². The number of nitrogens with one attached hydrogen (secondary N) is 3. The van der Waals surface area contributed by atoms with E-state index in [0.717, 1.165) is 27.8 Å². The molecule has 0 spiro atoms. The van der Waals surface area contributed by atoms with Gasteiger partial charge in [-0.05, 0) is 23.8 Å². The zero-order valence-electron chi connectivity index (χ0n) is 17.5. The number of benzene rings is 2. The van der Waals surface area contributed by atoms with E-state index in [9.17, 15) is 10.2 Å². The summed E-state index contributed by atoms with van der Waals surface area (Å²) in [5.74, 6) is 0.640. The number of pyridine rings is 1. The van der Waals surface area contributed by atoms with Gasteiger partial charge in [-0.3, -0.25) is 5.41 Å². The van der Waals surface area contributed by atoms with E-state index in [1.807, 2.05) is 48.5 Å². The van der Waals surface area contributed by atoms with Crippen LogP contribution in [-0.2, 0) is 0 Å². The zero-order chi connectivity index (χ0) is 23.2. The maximum absolute atomic E-state index is 10.5. The summed E-state index contributed by atoms with van der Waals surface area (Å²) in [6.07, 6.45) is 1.33. The van der Waals surface area contributed by atoms with Crippen molar-refractivity contribution >= 4 is 50.9 Å². The average Bonchev–Trinajstić information content (AvgIpc) is 3.31. The Balaban J connectivity index is 1.71. The predicted octanol–water partition coefficient (Wildman–Crippen LogP) is 3.25. The van der Waals surface area contributed by atoms with Crippen LogP contribution < -0.4 is 16.4 Å². The Morgan fingerprint density at radius 3 is 2.76 bits per heavy atom. The largest absolute Gasteiger partial charge is 0.394 e. The third-order valence-corrected chi connectivity index (χ3v) is 5.82. The van der Waals surface area contributed by atoms with Gasteiger partial charge < -0.3 is 26.6 Å². The van der Waals surface area contributed by atoms with Crippen LogP contribution in [-0.4, -0.2) is 45.1 Å². The van der Waals surface area contributed by atoms with Crippen molar-refractivity contribution in [2.75, 3.05) is 17.2 Å². The highest BCUT2D eigenvalue weighted by atomic mass is 32.1. The minimum Gasteiger partial charge on any atom is -0.394 e. The summed E-state index contributed by atoms with van der Waals surface area (Å²) in [7, 11) is 0. The Hall–Kier alpha value is -3.86. The summed E-state index contributed by atoms with van der Waals surface area (Å²) in [6, 6.07) is 16.3. The standard InChI is InChI=1S/C23H23N7O2S/c24-12-27-23(25)16-10-26-21(29-15-6-7-17-20(8-15)33-13-28-17)9-18(16)30-22(19(32)11-31)14-4-2-1-3-5-14/h1-10,12-13,19,22,31-32H,11H2,(H3,24,25,27)(H2,26,29,30). The first kappa shape index (κ1) is 22.3. The second kappa shape index (κ2) is 10.2. The molecule has 0 fully saturated rings. The molecule has 4 aromatic rings. The maximum Gasteiger partial charge on any atom is 0.136 e. The van der Waals surface area contributed by atoms with Crippen molar-refractivity contribution in [3.05, 3.63) is 77.4 Å². The van der Waals surface area contributed by atoms with E-state index in [1.54, 1.807) is 29.1 Å². The number of aliphatic imine (C=N–C) groups is 1. The van der Waals surface area contributed by atoms with Gasteiger partial charge in [0.15, 0.2) is 0 Å². The molecule has 0 amide bonds. The van der Waals surface area contributed by atoms with E-state index < -0.39 is 18.8 Å². The number of hydrogen-bond acceptors (Lipinski definition) is 8. The molecule has 7 N–H and O–H groups in total. The van der Waals surface area contributed by atoms with Crippen LogP contribution in [0.3, 0.4) is 0 Å². The molecule has 2 heterocycles. The van der Waals surface area contributed by atoms with Gasteiger partial charge in [-0.25, -0.2) is 15.0 Å². The molecule has 0 bridgehead atoms. The van der Waals surface area contributed by atoms with E-state index in [-0.39, 0.29) is 5.84 Å². The van der Waals surface area contributed by atoms with E-state index in [1.165, 1.54) is 0 Å². The van der Waals surface area contributed by atoms with Gasteiger partial charge in [0.05, 0.1) is 39.6 Å². The van der Waals surface area contributed by atoms with Gasteiger partial charge in [0.1, 0.15) is 24.1 Å². The SMILES string of the molecule is N=C/N=C(\N)c1cnc(Nc2ccc3ncsc3c2)cc1NC(c1ccccc1)C(O)CO. The lowest BCUT2D eigenvalue weighted by Crippen LogP contribution is -2.30. The highest BCUT2D eigenvalue weighted by Gasteiger charge is 2.22. The third-order valence-electron chi connectivity index (χ3n) is 5.03. The first-order chi connectivity index (χ1) is 16.1. The number of fused-ring (bicyclic) bond motifs is 1. The molecule has 168 valence electrons. The Bertz CT molecular complexity index is 1280. The summed E-state index contributed by atoms with van der Waals surface area (Å²) >= 11 is 1.55. The number of hydrogen-bond donors (Lipinski definition) is 6. The first-order valence-electron chi connectivity index (χ1n) is 10.1. The monoisotopic (exact) mass is 461 g/mol. The fourth-order valence-electron chi connectivity index (χ4n) is 3.40. The lowest BCUT2D eigenvalue weighted by molar-refractivity contribution is 0.0795. The van der Waals surface area contributed by atoms with Crippen LogP contribution in [0, 0.1) is 5.41 Å². The van der Waals surface area contributed by atoms with Gasteiger partial charge in [0.25, 0.3) is 0 Å². The summed E-state index contributed by atoms with van der Waals surface area (Å²) in [5.41, 5.74) is 11.4. The van der Waals surface area contributed by atoms with Crippen molar-refractivity contribution in [1.82, 2.24) is 9.97 Å². The molecule has 0 saturated heterocycles. The smallest absolute Gasteiger partial charge is 0.136 e. The number of amidine groups is 1. The maximum atomic E-state index is 10.5. The van der Waals surface area contributed by atoms with Crippen LogP contribution in [0.25, 0.3) is 10.2 Å². The molecule has 0 aliphatic rings. The van der Waals surface area contributed by atoms with Gasteiger partial charge >= 0.3 is 0 Å². The molecule has 2 aromatic carbocycles. The fraction of sp³-hybridized carbons (Fsp3) is 0.130. The van der Waals surface area contributed by atoms with Crippen LogP contribution in [0.5, 0.6) is 0 Å².